The Morgan fingerprint density at radius 3 is 2.79 bits per heavy atom. The third kappa shape index (κ3) is 1.70. The highest BCUT2D eigenvalue weighted by molar-refractivity contribution is 4.98. The minimum atomic E-state index is 0.502. The van der Waals surface area contributed by atoms with Crippen molar-refractivity contribution in [1.29, 1.82) is 0 Å². The molecule has 2 atom stereocenters. The van der Waals surface area contributed by atoms with Crippen LogP contribution in [0.1, 0.15) is 40.0 Å². The number of nitrogens with zero attached hydrogens (tertiary/aromatic N) is 2. The fourth-order valence-electron chi connectivity index (χ4n) is 3.04. The van der Waals surface area contributed by atoms with Gasteiger partial charge >= 0.3 is 0 Å². The van der Waals surface area contributed by atoms with Crippen LogP contribution in [0.15, 0.2) is 0 Å². The number of hydrogen-bond donors (Lipinski definition) is 0. The molecular weight excluding hydrogens is 172 g/mol. The van der Waals surface area contributed by atoms with Gasteiger partial charge in [-0.05, 0) is 39.7 Å². The molecule has 82 valence electrons. The SMILES string of the molecule is CCC(C)N1CCN2CCC[C@]2(C)C1. The maximum atomic E-state index is 2.70. The lowest BCUT2D eigenvalue weighted by Gasteiger charge is -2.47. The molecule has 0 radical (unpaired) electrons. The Hall–Kier alpha value is -0.0800. The van der Waals surface area contributed by atoms with Gasteiger partial charge in [0.25, 0.3) is 0 Å². The summed E-state index contributed by atoms with van der Waals surface area (Å²) in [6.07, 6.45) is 4.10. The Morgan fingerprint density at radius 2 is 2.07 bits per heavy atom. The van der Waals surface area contributed by atoms with Gasteiger partial charge in [-0.1, -0.05) is 6.92 Å². The van der Waals surface area contributed by atoms with Crippen LogP contribution in [0, 0.1) is 0 Å². The predicted molar refractivity (Wildman–Crippen MR) is 60.5 cm³/mol. The molecular formula is C12H24N2. The summed E-state index contributed by atoms with van der Waals surface area (Å²) in [6, 6.07) is 0.773. The van der Waals surface area contributed by atoms with E-state index in [0.29, 0.717) is 5.54 Å². The first-order valence-corrected chi connectivity index (χ1v) is 6.15. The summed E-state index contributed by atoms with van der Waals surface area (Å²) >= 11 is 0. The van der Waals surface area contributed by atoms with Crippen molar-refractivity contribution in [2.75, 3.05) is 26.2 Å². The zero-order chi connectivity index (χ0) is 10.2. The van der Waals surface area contributed by atoms with Gasteiger partial charge in [-0.2, -0.15) is 0 Å². The van der Waals surface area contributed by atoms with E-state index in [1.807, 2.05) is 0 Å². The number of piperazine rings is 1. The van der Waals surface area contributed by atoms with Gasteiger partial charge < -0.3 is 0 Å². The highest BCUT2D eigenvalue weighted by Crippen LogP contribution is 2.33. The van der Waals surface area contributed by atoms with Gasteiger partial charge in [0.2, 0.25) is 0 Å². The minimum Gasteiger partial charge on any atom is -0.298 e. The van der Waals surface area contributed by atoms with Crippen LogP contribution in [0.3, 0.4) is 0 Å². The number of fused-ring (bicyclic) bond motifs is 1. The van der Waals surface area contributed by atoms with Crippen molar-refractivity contribution in [2.24, 2.45) is 0 Å². The molecule has 2 aliphatic rings. The van der Waals surface area contributed by atoms with E-state index < -0.39 is 0 Å². The fourth-order valence-corrected chi connectivity index (χ4v) is 3.04. The minimum absolute atomic E-state index is 0.502. The van der Waals surface area contributed by atoms with E-state index in [2.05, 4.69) is 30.6 Å². The molecule has 0 aliphatic carbocycles. The maximum absolute atomic E-state index is 2.70. The number of hydrogen-bond acceptors (Lipinski definition) is 2. The monoisotopic (exact) mass is 196 g/mol. The average Bonchev–Trinajstić information content (AvgIpc) is 2.56. The zero-order valence-corrected chi connectivity index (χ0v) is 9.92. The molecule has 0 aromatic heterocycles. The lowest BCUT2D eigenvalue weighted by Crippen LogP contribution is -2.59. The third-order valence-corrected chi connectivity index (χ3v) is 4.32. The summed E-state index contributed by atoms with van der Waals surface area (Å²) in [5, 5.41) is 0. The highest BCUT2D eigenvalue weighted by Gasteiger charge is 2.41. The fraction of sp³-hybridized carbons (Fsp3) is 1.00. The first kappa shape index (κ1) is 10.4. The maximum Gasteiger partial charge on any atom is 0.0309 e. The Labute approximate surface area is 88.3 Å². The Kier molecular flexibility index (Phi) is 2.85. The lowest BCUT2D eigenvalue weighted by molar-refractivity contribution is 0.0199. The quantitative estimate of drug-likeness (QED) is 0.666. The Morgan fingerprint density at radius 1 is 1.29 bits per heavy atom. The Bertz CT molecular complexity index is 204. The van der Waals surface area contributed by atoms with Gasteiger partial charge in [0.05, 0.1) is 0 Å². The molecule has 0 aromatic rings. The van der Waals surface area contributed by atoms with E-state index in [1.54, 1.807) is 0 Å². The molecule has 0 spiro atoms. The van der Waals surface area contributed by atoms with Crippen molar-refractivity contribution >= 4 is 0 Å². The summed E-state index contributed by atoms with van der Waals surface area (Å²) in [5.41, 5.74) is 0.502. The van der Waals surface area contributed by atoms with E-state index in [4.69, 9.17) is 0 Å². The molecule has 0 saturated carbocycles. The highest BCUT2D eigenvalue weighted by atomic mass is 15.3. The molecule has 2 saturated heterocycles. The van der Waals surface area contributed by atoms with Gasteiger partial charge in [-0.25, -0.2) is 0 Å². The summed E-state index contributed by atoms with van der Waals surface area (Å²) in [6.45, 7) is 12.3. The molecule has 2 heteroatoms. The standard InChI is InChI=1S/C12H24N2/c1-4-11(2)13-8-9-14-7-5-6-12(14,3)10-13/h11H,4-10H2,1-3H3/t11?,12-/m1/s1. The molecule has 2 nitrogen and oxygen atoms in total. The van der Waals surface area contributed by atoms with Crippen molar-refractivity contribution in [3.63, 3.8) is 0 Å². The molecule has 2 rings (SSSR count). The first-order valence-electron chi connectivity index (χ1n) is 6.15. The first-order chi connectivity index (χ1) is 6.65. The van der Waals surface area contributed by atoms with Crippen LogP contribution in [0.5, 0.6) is 0 Å². The van der Waals surface area contributed by atoms with E-state index in [1.165, 1.54) is 45.4 Å². The van der Waals surface area contributed by atoms with Crippen molar-refractivity contribution in [2.45, 2.75) is 51.6 Å². The van der Waals surface area contributed by atoms with Crippen molar-refractivity contribution in [3.05, 3.63) is 0 Å². The second-order valence-corrected chi connectivity index (χ2v) is 5.32. The molecule has 2 aliphatic heterocycles. The van der Waals surface area contributed by atoms with Gasteiger partial charge in [0.1, 0.15) is 0 Å². The summed E-state index contributed by atoms with van der Waals surface area (Å²) < 4.78 is 0. The summed E-state index contributed by atoms with van der Waals surface area (Å²) in [5.74, 6) is 0. The lowest BCUT2D eigenvalue weighted by atomic mass is 9.95. The third-order valence-electron chi connectivity index (χ3n) is 4.32. The van der Waals surface area contributed by atoms with Crippen LogP contribution >= 0.6 is 0 Å². The molecule has 2 fully saturated rings. The predicted octanol–water partition coefficient (Wildman–Crippen LogP) is 1.95. The number of rotatable bonds is 2. The van der Waals surface area contributed by atoms with Gasteiger partial charge in [0.15, 0.2) is 0 Å². The van der Waals surface area contributed by atoms with Crippen LogP contribution in [-0.2, 0) is 0 Å². The van der Waals surface area contributed by atoms with Crippen molar-refractivity contribution in [1.82, 2.24) is 9.80 Å². The van der Waals surface area contributed by atoms with E-state index >= 15 is 0 Å². The van der Waals surface area contributed by atoms with Crippen LogP contribution in [0.2, 0.25) is 0 Å². The van der Waals surface area contributed by atoms with E-state index in [0.717, 1.165) is 6.04 Å². The molecule has 14 heavy (non-hydrogen) atoms. The van der Waals surface area contributed by atoms with Gasteiger partial charge in [-0.15, -0.1) is 0 Å². The second-order valence-electron chi connectivity index (χ2n) is 5.32. The van der Waals surface area contributed by atoms with Crippen molar-refractivity contribution < 1.29 is 0 Å². The topological polar surface area (TPSA) is 6.48 Å². The molecule has 0 bridgehead atoms. The average molecular weight is 196 g/mol. The summed E-state index contributed by atoms with van der Waals surface area (Å²) in [7, 11) is 0. The van der Waals surface area contributed by atoms with Crippen LogP contribution in [-0.4, -0.2) is 47.6 Å². The van der Waals surface area contributed by atoms with Crippen LogP contribution in [0.4, 0.5) is 0 Å². The smallest absolute Gasteiger partial charge is 0.0309 e. The van der Waals surface area contributed by atoms with Gasteiger partial charge in [0, 0.05) is 31.2 Å². The van der Waals surface area contributed by atoms with Crippen LogP contribution in [0.25, 0.3) is 0 Å². The van der Waals surface area contributed by atoms with E-state index in [9.17, 15) is 0 Å². The van der Waals surface area contributed by atoms with E-state index in [-0.39, 0.29) is 0 Å². The molecule has 0 amide bonds. The zero-order valence-electron chi connectivity index (χ0n) is 9.92. The largest absolute Gasteiger partial charge is 0.298 e. The van der Waals surface area contributed by atoms with Crippen molar-refractivity contribution in [3.8, 4) is 0 Å². The van der Waals surface area contributed by atoms with Gasteiger partial charge in [-0.3, -0.25) is 9.80 Å². The normalized spacial score (nSPS) is 37.1. The van der Waals surface area contributed by atoms with Crippen LogP contribution < -0.4 is 0 Å². The Balaban J connectivity index is 2.01. The molecule has 2 heterocycles. The molecule has 1 unspecified atom stereocenters. The molecule has 0 N–H and O–H groups in total. The molecule has 0 aromatic carbocycles. The summed E-state index contributed by atoms with van der Waals surface area (Å²) in [4.78, 5) is 5.38. The second kappa shape index (κ2) is 3.82.